The van der Waals surface area contributed by atoms with E-state index in [1.807, 2.05) is 6.08 Å². The zero-order valence-corrected chi connectivity index (χ0v) is 38.7. The average Bonchev–Trinajstić information content (AvgIpc) is 3.23. The minimum absolute atomic E-state index is 0.242. The third kappa shape index (κ3) is 30.1. The van der Waals surface area contributed by atoms with Crippen molar-refractivity contribution in [2.75, 3.05) is 13.2 Å². The molecule has 1 aliphatic rings. The van der Waals surface area contributed by atoms with Crippen LogP contribution in [0.3, 0.4) is 0 Å². The monoisotopic (exact) mass is 890 g/mol. The highest BCUT2D eigenvalue weighted by Gasteiger charge is 2.48. The molecule has 13 nitrogen and oxygen atoms in total. The van der Waals surface area contributed by atoms with Crippen LogP contribution < -0.4 is 5.32 Å². The van der Waals surface area contributed by atoms with Gasteiger partial charge in [0, 0.05) is 0 Å². The van der Waals surface area contributed by atoms with Crippen LogP contribution in [0, 0.1) is 0 Å². The molecule has 0 bridgehead atoms. The first kappa shape index (κ1) is 57.3. The largest absolute Gasteiger partial charge is 0.397 e. The van der Waals surface area contributed by atoms with Gasteiger partial charge in [0.25, 0.3) is 0 Å². The summed E-state index contributed by atoms with van der Waals surface area (Å²) in [5.41, 5.74) is 0. The lowest BCUT2D eigenvalue weighted by molar-refractivity contribution is -0.298. The molecule has 8 unspecified atom stereocenters. The molecule has 1 saturated heterocycles. The summed E-state index contributed by atoms with van der Waals surface area (Å²) in [5.74, 6) is -0.704. The number of carbonyl (C=O) groups excluding carboxylic acids is 1. The van der Waals surface area contributed by atoms with Crippen molar-refractivity contribution < 1.29 is 57.0 Å². The number of allylic oxidation sites excluding steroid dienone is 5. The summed E-state index contributed by atoms with van der Waals surface area (Å²) >= 11 is 0. The molecule has 0 radical (unpaired) electrons. The van der Waals surface area contributed by atoms with Gasteiger partial charge in [0.1, 0.15) is 30.5 Å². The maximum absolute atomic E-state index is 13.1. The van der Waals surface area contributed by atoms with Crippen LogP contribution in [0.1, 0.15) is 194 Å². The Hall–Kier alpha value is -1.72. The molecule has 358 valence electrons. The van der Waals surface area contributed by atoms with E-state index in [2.05, 4.69) is 47.7 Å². The van der Waals surface area contributed by atoms with E-state index in [1.165, 1.54) is 115 Å². The maximum Gasteiger partial charge on any atom is 0.397 e. The van der Waals surface area contributed by atoms with E-state index in [4.69, 9.17) is 9.47 Å². The molecule has 1 amide bonds. The van der Waals surface area contributed by atoms with Crippen LogP contribution in [-0.2, 0) is 28.9 Å². The normalized spacial score (nSPS) is 21.5. The number of ether oxygens (including phenoxy) is 2. The topological polar surface area (TPSA) is 212 Å². The molecule has 1 rings (SSSR count). The number of hydrogen-bond donors (Lipinski definition) is 7. The SMILES string of the molecule is CC/C=C\C/C=C\CCCCCCCCCCCCCCCC(O)C(=O)NC(COC1OC(CO)C(O)C(OS(=O)(=O)O)C1O)C(O)/C=C/CCCCCCCCCCCC. The highest BCUT2D eigenvalue weighted by molar-refractivity contribution is 7.80. The van der Waals surface area contributed by atoms with Crippen molar-refractivity contribution in [2.45, 2.75) is 243 Å². The fraction of sp³-hybridized carbons (Fsp3) is 0.851. The van der Waals surface area contributed by atoms with Gasteiger partial charge >= 0.3 is 10.4 Å². The first-order chi connectivity index (χ1) is 29.4. The van der Waals surface area contributed by atoms with Crippen molar-refractivity contribution in [3.63, 3.8) is 0 Å². The quantitative estimate of drug-likeness (QED) is 0.0175. The first-order valence-corrected chi connectivity index (χ1v) is 25.3. The van der Waals surface area contributed by atoms with Crippen molar-refractivity contribution in [3.8, 4) is 0 Å². The second-order valence-electron chi connectivity index (χ2n) is 16.8. The Labute approximate surface area is 369 Å². The predicted octanol–water partition coefficient (Wildman–Crippen LogP) is 8.47. The van der Waals surface area contributed by atoms with Crippen LogP contribution in [0.25, 0.3) is 0 Å². The van der Waals surface area contributed by atoms with Gasteiger partial charge in [0.05, 0.1) is 25.4 Å². The molecule has 0 saturated carbocycles. The molecular weight excluding hydrogens is 803 g/mol. The predicted molar refractivity (Wildman–Crippen MR) is 242 cm³/mol. The summed E-state index contributed by atoms with van der Waals surface area (Å²) in [6.45, 7) is 3.10. The molecule has 1 heterocycles. The molecule has 1 aliphatic heterocycles. The number of hydrogen-bond acceptors (Lipinski definition) is 11. The average molecular weight is 890 g/mol. The highest BCUT2D eigenvalue weighted by atomic mass is 32.3. The smallest absolute Gasteiger partial charge is 0.394 e. The molecule has 0 aliphatic carbocycles. The maximum atomic E-state index is 13.1. The Morgan fingerprint density at radius 3 is 1.69 bits per heavy atom. The fourth-order valence-electron chi connectivity index (χ4n) is 7.50. The number of nitrogens with one attached hydrogen (secondary N) is 1. The van der Waals surface area contributed by atoms with Crippen molar-refractivity contribution in [1.82, 2.24) is 5.32 Å². The van der Waals surface area contributed by atoms with Gasteiger partial charge in [-0.05, 0) is 44.9 Å². The van der Waals surface area contributed by atoms with Gasteiger partial charge in [-0.1, -0.05) is 185 Å². The second kappa shape index (κ2) is 37.6. The van der Waals surface area contributed by atoms with E-state index < -0.39 is 78.5 Å². The number of carbonyl (C=O) groups is 1. The lowest BCUT2D eigenvalue weighted by atomic mass is 9.99. The molecule has 0 aromatic carbocycles. The molecule has 0 spiro atoms. The molecule has 8 atom stereocenters. The van der Waals surface area contributed by atoms with Gasteiger partial charge in [0.2, 0.25) is 5.91 Å². The van der Waals surface area contributed by atoms with Crippen molar-refractivity contribution in [2.24, 2.45) is 0 Å². The Morgan fingerprint density at radius 1 is 0.689 bits per heavy atom. The Bertz CT molecular complexity index is 1250. The number of unbranched alkanes of at least 4 members (excludes halogenated alkanes) is 23. The van der Waals surface area contributed by atoms with E-state index in [1.54, 1.807) is 0 Å². The summed E-state index contributed by atoms with van der Waals surface area (Å²) < 4.78 is 47.5. The van der Waals surface area contributed by atoms with Crippen LogP contribution in [-0.4, -0.2) is 107 Å². The minimum atomic E-state index is -5.12. The molecule has 0 aromatic rings. The Balaban J connectivity index is 2.50. The zero-order valence-electron chi connectivity index (χ0n) is 37.8. The van der Waals surface area contributed by atoms with Crippen LogP contribution in [0.4, 0.5) is 0 Å². The van der Waals surface area contributed by atoms with Crippen molar-refractivity contribution >= 4 is 16.3 Å². The summed E-state index contributed by atoms with van der Waals surface area (Å²) in [6.07, 6.45) is 32.3. The van der Waals surface area contributed by atoms with Gasteiger partial charge in [-0.15, -0.1) is 0 Å². The number of aliphatic hydroxyl groups is 5. The van der Waals surface area contributed by atoms with Crippen LogP contribution in [0.15, 0.2) is 36.5 Å². The van der Waals surface area contributed by atoms with E-state index in [9.17, 15) is 43.3 Å². The first-order valence-electron chi connectivity index (χ1n) is 24.0. The minimum Gasteiger partial charge on any atom is -0.394 e. The zero-order chi connectivity index (χ0) is 45.0. The summed E-state index contributed by atoms with van der Waals surface area (Å²) in [6, 6.07) is -1.12. The lowest BCUT2D eigenvalue weighted by Crippen LogP contribution is -2.61. The molecule has 1 fully saturated rings. The number of amides is 1. The summed E-state index contributed by atoms with van der Waals surface area (Å²) in [7, 11) is -5.12. The van der Waals surface area contributed by atoms with E-state index in [-0.39, 0.29) is 6.42 Å². The molecule has 7 N–H and O–H groups in total. The standard InChI is InChI=1S/C47H87NO12S/c1-3-5-7-9-11-13-15-17-18-19-20-21-22-23-24-26-28-30-32-34-36-41(51)46(54)48-39(40(50)35-33-31-29-27-25-16-14-12-10-8-6-4-2)38-58-47-44(53)45(60-61(55,56)57)43(52)42(37-49)59-47/h5,7,11,13,33,35,39-45,47,49-53H,3-4,6,8-10,12,14-32,34,36-38H2,1-2H3,(H,48,54)(H,55,56,57)/b7-5-,13-11-,35-33+. The van der Waals surface area contributed by atoms with Crippen LogP contribution >= 0.6 is 0 Å². The van der Waals surface area contributed by atoms with Crippen molar-refractivity contribution in [3.05, 3.63) is 36.5 Å². The van der Waals surface area contributed by atoms with Crippen LogP contribution in [0.2, 0.25) is 0 Å². The molecule has 0 aromatic heterocycles. The third-order valence-corrected chi connectivity index (χ3v) is 11.7. The Kier molecular flexibility index (Phi) is 35.4. The fourth-order valence-corrected chi connectivity index (χ4v) is 8.01. The van der Waals surface area contributed by atoms with Crippen LogP contribution in [0.5, 0.6) is 0 Å². The Morgan fingerprint density at radius 2 is 1.18 bits per heavy atom. The van der Waals surface area contributed by atoms with Gasteiger partial charge in [-0.3, -0.25) is 9.35 Å². The van der Waals surface area contributed by atoms with Gasteiger partial charge in [-0.2, -0.15) is 8.42 Å². The van der Waals surface area contributed by atoms with E-state index in [0.29, 0.717) is 12.8 Å². The second-order valence-corrected chi connectivity index (χ2v) is 17.9. The number of aliphatic hydroxyl groups excluding tert-OH is 5. The summed E-state index contributed by atoms with van der Waals surface area (Å²) in [4.78, 5) is 13.1. The van der Waals surface area contributed by atoms with Gasteiger partial charge in [-0.25, -0.2) is 4.18 Å². The van der Waals surface area contributed by atoms with Gasteiger partial charge in [0.15, 0.2) is 6.29 Å². The van der Waals surface area contributed by atoms with Gasteiger partial charge < -0.3 is 40.3 Å². The molecule has 61 heavy (non-hydrogen) atoms. The summed E-state index contributed by atoms with van der Waals surface area (Å²) in [5, 5.41) is 55.2. The molecule has 14 heteroatoms. The molecular formula is C47H87NO12S. The number of rotatable bonds is 40. The lowest BCUT2D eigenvalue weighted by Gasteiger charge is -2.41. The van der Waals surface area contributed by atoms with E-state index in [0.717, 1.165) is 51.4 Å². The van der Waals surface area contributed by atoms with Crippen molar-refractivity contribution in [1.29, 1.82) is 0 Å². The van der Waals surface area contributed by atoms with E-state index >= 15 is 0 Å². The highest BCUT2D eigenvalue weighted by Crippen LogP contribution is 2.26. The third-order valence-electron chi connectivity index (χ3n) is 11.3.